The second kappa shape index (κ2) is 11.7. The van der Waals surface area contributed by atoms with E-state index < -0.39 is 0 Å². The van der Waals surface area contributed by atoms with E-state index in [1.54, 1.807) is 16.2 Å². The second-order valence-electron chi connectivity index (χ2n) is 9.87. The minimum atomic E-state index is -0.138. The summed E-state index contributed by atoms with van der Waals surface area (Å²) in [4.78, 5) is 31.4. The van der Waals surface area contributed by atoms with E-state index in [2.05, 4.69) is 32.2 Å². The molecule has 1 aromatic heterocycles. The Morgan fingerprint density at radius 3 is 2.52 bits per heavy atom. The minimum Gasteiger partial charge on any atom is -0.491 e. The highest BCUT2D eigenvalue weighted by atomic mass is 32.1. The van der Waals surface area contributed by atoms with Crippen LogP contribution in [0.25, 0.3) is 0 Å². The van der Waals surface area contributed by atoms with Crippen LogP contribution in [0.4, 0.5) is 0 Å². The van der Waals surface area contributed by atoms with Gasteiger partial charge >= 0.3 is 0 Å². The third-order valence-electron chi connectivity index (χ3n) is 6.08. The predicted molar refractivity (Wildman–Crippen MR) is 135 cm³/mol. The molecule has 0 fully saturated rings. The summed E-state index contributed by atoms with van der Waals surface area (Å²) in [6.07, 6.45) is 2.22. The average molecular weight is 471 g/mol. The van der Waals surface area contributed by atoms with E-state index in [0.29, 0.717) is 32.0 Å². The Morgan fingerprint density at radius 2 is 1.85 bits per heavy atom. The lowest BCUT2D eigenvalue weighted by Crippen LogP contribution is -2.48. The minimum absolute atomic E-state index is 0.00483. The Labute approximate surface area is 202 Å². The molecule has 1 aliphatic rings. The zero-order chi connectivity index (χ0) is 24.0. The maximum atomic E-state index is 13.5. The molecule has 0 saturated carbocycles. The highest BCUT2D eigenvalue weighted by Gasteiger charge is 2.33. The molecule has 2 aromatic rings. The van der Waals surface area contributed by atoms with Gasteiger partial charge in [-0.1, -0.05) is 45.4 Å². The van der Waals surface area contributed by atoms with Crippen LogP contribution in [0.5, 0.6) is 5.75 Å². The van der Waals surface area contributed by atoms with Crippen LogP contribution in [0.3, 0.4) is 0 Å². The standard InChI is InChI=1S/C27H38N2O3S/c1-19(2)10-13-28(26(30)16-20(3)4)17-27(31)29-14-11-25-23(12-15-33-25)24(29)18-32-22-8-6-21(5)7-9-22/h6-9,12,15,19-20,24H,10-11,13-14,16-18H2,1-5H3. The van der Waals surface area contributed by atoms with Gasteiger partial charge in [0.15, 0.2) is 0 Å². The van der Waals surface area contributed by atoms with Crippen molar-refractivity contribution in [3.05, 3.63) is 51.7 Å². The van der Waals surface area contributed by atoms with E-state index in [9.17, 15) is 9.59 Å². The van der Waals surface area contributed by atoms with E-state index in [4.69, 9.17) is 4.74 Å². The van der Waals surface area contributed by atoms with Gasteiger partial charge in [-0.05, 0) is 60.7 Å². The molecule has 3 rings (SSSR count). The lowest BCUT2D eigenvalue weighted by atomic mass is 10.00. The lowest BCUT2D eigenvalue weighted by Gasteiger charge is -2.37. The molecule has 1 unspecified atom stereocenters. The number of hydrogen-bond acceptors (Lipinski definition) is 4. The number of aryl methyl sites for hydroxylation is 1. The van der Waals surface area contributed by atoms with E-state index in [-0.39, 0.29) is 30.3 Å². The Bertz CT molecular complexity index is 920. The van der Waals surface area contributed by atoms with Crippen LogP contribution >= 0.6 is 11.3 Å². The molecule has 0 aliphatic carbocycles. The summed E-state index contributed by atoms with van der Waals surface area (Å²) >= 11 is 1.75. The molecule has 1 aliphatic heterocycles. The molecular formula is C27H38N2O3S. The van der Waals surface area contributed by atoms with Gasteiger partial charge in [-0.15, -0.1) is 11.3 Å². The summed E-state index contributed by atoms with van der Waals surface area (Å²) in [6.45, 7) is 12.3. The zero-order valence-corrected chi connectivity index (χ0v) is 21.5. The third-order valence-corrected chi connectivity index (χ3v) is 7.08. The number of fused-ring (bicyclic) bond motifs is 1. The summed E-state index contributed by atoms with van der Waals surface area (Å²) < 4.78 is 6.12. The van der Waals surface area contributed by atoms with E-state index in [1.165, 1.54) is 16.0 Å². The van der Waals surface area contributed by atoms with Crippen LogP contribution in [0.2, 0.25) is 0 Å². The molecule has 0 radical (unpaired) electrons. The normalized spacial score (nSPS) is 15.6. The van der Waals surface area contributed by atoms with Crippen molar-refractivity contribution < 1.29 is 14.3 Å². The highest BCUT2D eigenvalue weighted by Crippen LogP contribution is 2.34. The maximum Gasteiger partial charge on any atom is 0.242 e. The molecule has 5 nitrogen and oxygen atoms in total. The van der Waals surface area contributed by atoms with E-state index in [0.717, 1.165) is 18.6 Å². The molecule has 180 valence electrons. The maximum absolute atomic E-state index is 13.5. The van der Waals surface area contributed by atoms with Crippen LogP contribution in [-0.2, 0) is 16.0 Å². The molecule has 1 atom stereocenters. The van der Waals surface area contributed by atoms with Crippen molar-refractivity contribution >= 4 is 23.2 Å². The fourth-order valence-corrected chi connectivity index (χ4v) is 5.05. The molecule has 0 bridgehead atoms. The van der Waals surface area contributed by atoms with Gasteiger partial charge in [0.2, 0.25) is 11.8 Å². The van der Waals surface area contributed by atoms with Gasteiger partial charge in [0.1, 0.15) is 12.4 Å². The topological polar surface area (TPSA) is 49.9 Å². The van der Waals surface area contributed by atoms with Crippen molar-refractivity contribution in [2.24, 2.45) is 11.8 Å². The molecule has 1 aromatic carbocycles. The van der Waals surface area contributed by atoms with Crippen molar-refractivity contribution in [1.82, 2.24) is 9.80 Å². The molecule has 0 N–H and O–H groups in total. The van der Waals surface area contributed by atoms with Gasteiger partial charge in [0, 0.05) is 24.4 Å². The van der Waals surface area contributed by atoms with E-state index in [1.807, 2.05) is 43.0 Å². The molecular weight excluding hydrogens is 432 g/mol. The molecule has 0 spiro atoms. The van der Waals surface area contributed by atoms with Gasteiger partial charge in [0.25, 0.3) is 0 Å². The van der Waals surface area contributed by atoms with E-state index >= 15 is 0 Å². The number of nitrogens with zero attached hydrogens (tertiary/aromatic N) is 2. The molecule has 0 saturated heterocycles. The van der Waals surface area contributed by atoms with Crippen LogP contribution in [0.15, 0.2) is 35.7 Å². The number of benzene rings is 1. The van der Waals surface area contributed by atoms with Crippen molar-refractivity contribution in [1.29, 1.82) is 0 Å². The first-order valence-electron chi connectivity index (χ1n) is 12.1. The van der Waals surface area contributed by atoms with Crippen molar-refractivity contribution in [2.45, 2.75) is 59.9 Å². The largest absolute Gasteiger partial charge is 0.491 e. The van der Waals surface area contributed by atoms with Gasteiger partial charge in [-0.25, -0.2) is 0 Å². The average Bonchev–Trinajstić information content (AvgIpc) is 3.24. The van der Waals surface area contributed by atoms with Crippen LogP contribution in [0.1, 0.15) is 62.6 Å². The molecule has 2 amide bonds. The smallest absolute Gasteiger partial charge is 0.242 e. The van der Waals surface area contributed by atoms with Crippen LogP contribution in [-0.4, -0.2) is 47.9 Å². The van der Waals surface area contributed by atoms with Crippen LogP contribution in [0, 0.1) is 18.8 Å². The first-order chi connectivity index (χ1) is 15.7. The van der Waals surface area contributed by atoms with Crippen molar-refractivity contribution in [3.8, 4) is 5.75 Å². The monoisotopic (exact) mass is 470 g/mol. The fraction of sp³-hybridized carbons (Fsp3) is 0.556. The third kappa shape index (κ3) is 7.07. The number of thiophene rings is 1. The van der Waals surface area contributed by atoms with Gasteiger partial charge in [-0.2, -0.15) is 0 Å². The molecule has 33 heavy (non-hydrogen) atoms. The number of hydrogen-bond donors (Lipinski definition) is 0. The van der Waals surface area contributed by atoms with Gasteiger partial charge < -0.3 is 14.5 Å². The summed E-state index contributed by atoms with van der Waals surface area (Å²) in [5.41, 5.74) is 2.36. The zero-order valence-electron chi connectivity index (χ0n) is 20.7. The summed E-state index contributed by atoms with van der Waals surface area (Å²) in [5, 5.41) is 2.10. The van der Waals surface area contributed by atoms with Crippen molar-refractivity contribution in [2.75, 3.05) is 26.2 Å². The Balaban J connectivity index is 1.74. The summed E-state index contributed by atoms with van der Waals surface area (Å²) in [6, 6.07) is 9.97. The van der Waals surface area contributed by atoms with Crippen LogP contribution < -0.4 is 4.74 Å². The number of rotatable bonds is 10. The lowest BCUT2D eigenvalue weighted by molar-refractivity contribution is -0.143. The second-order valence-corrected chi connectivity index (χ2v) is 10.9. The highest BCUT2D eigenvalue weighted by molar-refractivity contribution is 7.10. The van der Waals surface area contributed by atoms with Gasteiger partial charge in [-0.3, -0.25) is 9.59 Å². The first kappa shape index (κ1) is 25.3. The number of carbonyl (C=O) groups is 2. The van der Waals surface area contributed by atoms with Crippen molar-refractivity contribution in [3.63, 3.8) is 0 Å². The number of amides is 2. The number of ether oxygens (including phenoxy) is 1. The Morgan fingerprint density at radius 1 is 1.12 bits per heavy atom. The summed E-state index contributed by atoms with van der Waals surface area (Å²) in [5.74, 6) is 1.63. The Kier molecular flexibility index (Phi) is 8.95. The predicted octanol–water partition coefficient (Wildman–Crippen LogP) is 5.48. The first-order valence-corrected chi connectivity index (χ1v) is 13.0. The summed E-state index contributed by atoms with van der Waals surface area (Å²) in [7, 11) is 0. The molecule has 2 heterocycles. The number of carbonyl (C=O) groups excluding carboxylic acids is 2. The SMILES string of the molecule is Cc1ccc(OCC2c3ccsc3CCN2C(=O)CN(CCC(C)C)C(=O)CC(C)C)cc1. The fourth-order valence-electron chi connectivity index (χ4n) is 4.12. The van der Waals surface area contributed by atoms with Gasteiger partial charge in [0.05, 0.1) is 12.6 Å². The Hall–Kier alpha value is -2.34. The quantitative estimate of drug-likeness (QED) is 0.462. The molecule has 6 heteroatoms.